The number of carbonyl (C=O) groups excluding carboxylic acids is 3. The highest BCUT2D eigenvalue weighted by atomic mass is 32.2. The maximum absolute atomic E-state index is 12.8. The van der Waals surface area contributed by atoms with Crippen LogP contribution >= 0.6 is 11.8 Å². The van der Waals surface area contributed by atoms with Crippen LogP contribution < -0.4 is 33.2 Å². The first-order valence-corrected chi connectivity index (χ1v) is 11.8. The zero-order chi connectivity index (χ0) is 24.7. The fourth-order valence-electron chi connectivity index (χ4n) is 2.77. The van der Waals surface area contributed by atoms with E-state index in [1.807, 2.05) is 20.1 Å². The number of carboxylic acid groups (broad SMARTS) is 1. The van der Waals surface area contributed by atoms with Crippen LogP contribution in [0, 0.1) is 5.92 Å². The molecular weight excluding hydrogens is 438 g/mol. The molecule has 0 saturated carbocycles. The topological polar surface area (TPSA) is 215 Å². The summed E-state index contributed by atoms with van der Waals surface area (Å²) in [5.41, 5.74) is 15.9. The standard InChI is InChI=1S/C19H37N7O5S/c1-11(2)9-14(24-15(27)10-20)17(29)25-12(5-4-7-23-19(21)22)16(28)26-13(18(30)31)6-8-32-3/h11-14H,4-10,20H2,1-3H3,(H,24,27)(H,25,29)(H,26,28)(H,30,31)(H4,21,22,23). The van der Waals surface area contributed by atoms with E-state index in [4.69, 9.17) is 17.2 Å². The van der Waals surface area contributed by atoms with Crippen molar-refractivity contribution < 1.29 is 24.3 Å². The number of rotatable bonds is 16. The predicted octanol–water partition coefficient (Wildman–Crippen LogP) is -1.66. The molecule has 0 aliphatic carbocycles. The van der Waals surface area contributed by atoms with Gasteiger partial charge in [-0.05, 0) is 43.6 Å². The largest absolute Gasteiger partial charge is 0.480 e. The van der Waals surface area contributed by atoms with Crippen LogP contribution in [0.5, 0.6) is 0 Å². The van der Waals surface area contributed by atoms with Crippen molar-refractivity contribution in [2.75, 3.05) is 25.1 Å². The van der Waals surface area contributed by atoms with E-state index in [0.29, 0.717) is 18.6 Å². The Hall–Kier alpha value is -2.54. The zero-order valence-electron chi connectivity index (χ0n) is 18.9. The fraction of sp³-hybridized carbons (Fsp3) is 0.737. The molecule has 0 spiro atoms. The Balaban J connectivity index is 5.43. The molecule has 0 aromatic heterocycles. The number of thioether (sulfide) groups is 1. The quantitative estimate of drug-likeness (QED) is 0.0771. The highest BCUT2D eigenvalue weighted by molar-refractivity contribution is 7.98. The van der Waals surface area contributed by atoms with Gasteiger partial charge in [-0.2, -0.15) is 11.8 Å². The van der Waals surface area contributed by atoms with Crippen molar-refractivity contribution in [2.24, 2.45) is 28.1 Å². The summed E-state index contributed by atoms with van der Waals surface area (Å²) in [5.74, 6) is -2.32. The van der Waals surface area contributed by atoms with Crippen molar-refractivity contribution >= 4 is 41.4 Å². The highest BCUT2D eigenvalue weighted by Gasteiger charge is 2.29. The number of hydrogen-bond acceptors (Lipinski definition) is 7. The van der Waals surface area contributed by atoms with E-state index < -0.39 is 41.8 Å². The van der Waals surface area contributed by atoms with Gasteiger partial charge in [0.1, 0.15) is 18.1 Å². The number of nitrogens with two attached hydrogens (primary N) is 3. The van der Waals surface area contributed by atoms with Gasteiger partial charge in [-0.1, -0.05) is 13.8 Å². The van der Waals surface area contributed by atoms with Gasteiger partial charge in [-0.15, -0.1) is 0 Å². The first-order chi connectivity index (χ1) is 15.0. The summed E-state index contributed by atoms with van der Waals surface area (Å²) in [7, 11) is 0. The van der Waals surface area contributed by atoms with Crippen LogP contribution in [0.15, 0.2) is 4.99 Å². The minimum Gasteiger partial charge on any atom is -0.480 e. The molecule has 32 heavy (non-hydrogen) atoms. The highest BCUT2D eigenvalue weighted by Crippen LogP contribution is 2.08. The molecule has 13 heteroatoms. The van der Waals surface area contributed by atoms with Gasteiger partial charge in [0.15, 0.2) is 5.96 Å². The molecular formula is C19H37N7O5S. The van der Waals surface area contributed by atoms with Crippen molar-refractivity contribution in [3.8, 4) is 0 Å². The number of nitrogens with one attached hydrogen (secondary N) is 3. The second-order valence-corrected chi connectivity index (χ2v) is 8.63. The molecule has 0 fully saturated rings. The fourth-order valence-corrected chi connectivity index (χ4v) is 3.24. The molecule has 0 heterocycles. The Labute approximate surface area is 192 Å². The summed E-state index contributed by atoms with van der Waals surface area (Å²) < 4.78 is 0. The summed E-state index contributed by atoms with van der Waals surface area (Å²) in [5, 5.41) is 17.0. The van der Waals surface area contributed by atoms with E-state index in [1.54, 1.807) is 0 Å². The van der Waals surface area contributed by atoms with Crippen molar-refractivity contribution in [1.82, 2.24) is 16.0 Å². The number of guanidine groups is 1. The second kappa shape index (κ2) is 16.1. The molecule has 0 aromatic rings. The summed E-state index contributed by atoms with van der Waals surface area (Å²) >= 11 is 1.46. The molecule has 0 aliphatic heterocycles. The normalized spacial score (nSPS) is 13.5. The Kier molecular flexibility index (Phi) is 14.9. The summed E-state index contributed by atoms with van der Waals surface area (Å²) in [4.78, 5) is 52.7. The average Bonchev–Trinajstić information content (AvgIpc) is 2.71. The Morgan fingerprint density at radius 3 is 2.06 bits per heavy atom. The van der Waals surface area contributed by atoms with Crippen LogP contribution in [0.25, 0.3) is 0 Å². The van der Waals surface area contributed by atoms with Gasteiger partial charge in [-0.25, -0.2) is 4.79 Å². The Morgan fingerprint density at radius 1 is 0.969 bits per heavy atom. The monoisotopic (exact) mass is 475 g/mol. The van der Waals surface area contributed by atoms with E-state index in [-0.39, 0.29) is 37.8 Å². The van der Waals surface area contributed by atoms with E-state index in [2.05, 4.69) is 20.9 Å². The number of aliphatic carboxylic acids is 1. The zero-order valence-corrected chi connectivity index (χ0v) is 19.7. The minimum atomic E-state index is -1.16. The molecule has 3 unspecified atom stereocenters. The number of hydrogen-bond donors (Lipinski definition) is 7. The van der Waals surface area contributed by atoms with Crippen molar-refractivity contribution in [2.45, 2.75) is 57.7 Å². The van der Waals surface area contributed by atoms with E-state index in [0.717, 1.165) is 0 Å². The number of aliphatic imine (C=N–C) groups is 1. The van der Waals surface area contributed by atoms with Crippen LogP contribution in [-0.4, -0.2) is 78.0 Å². The van der Waals surface area contributed by atoms with Gasteiger partial charge in [0.05, 0.1) is 6.54 Å². The molecule has 0 bridgehead atoms. The molecule has 0 aliphatic rings. The summed E-state index contributed by atoms with van der Waals surface area (Å²) in [6, 6.07) is -3.00. The van der Waals surface area contributed by atoms with Crippen LogP contribution in [0.1, 0.15) is 39.5 Å². The Morgan fingerprint density at radius 2 is 1.56 bits per heavy atom. The number of nitrogens with zero attached hydrogens (tertiary/aromatic N) is 1. The predicted molar refractivity (Wildman–Crippen MR) is 125 cm³/mol. The van der Waals surface area contributed by atoms with Gasteiger partial charge in [0.25, 0.3) is 0 Å². The SMILES string of the molecule is CSCCC(NC(=O)C(CCCN=C(N)N)NC(=O)C(CC(C)C)NC(=O)CN)C(=O)O. The number of amides is 3. The summed E-state index contributed by atoms with van der Waals surface area (Å²) in [6.45, 7) is 3.73. The molecule has 0 aromatic carbocycles. The van der Waals surface area contributed by atoms with Crippen LogP contribution in [0.4, 0.5) is 0 Å². The van der Waals surface area contributed by atoms with Crippen LogP contribution in [0.2, 0.25) is 0 Å². The van der Waals surface area contributed by atoms with E-state index >= 15 is 0 Å². The van der Waals surface area contributed by atoms with Crippen molar-refractivity contribution in [3.05, 3.63) is 0 Å². The molecule has 0 saturated heterocycles. The third-order valence-corrected chi connectivity index (χ3v) is 4.99. The minimum absolute atomic E-state index is 0.0842. The molecule has 3 amide bonds. The molecule has 12 nitrogen and oxygen atoms in total. The Bertz CT molecular complexity index is 656. The van der Waals surface area contributed by atoms with Gasteiger partial charge in [-0.3, -0.25) is 19.4 Å². The molecule has 3 atom stereocenters. The maximum Gasteiger partial charge on any atom is 0.326 e. The molecule has 0 radical (unpaired) electrons. The first kappa shape index (κ1) is 29.5. The lowest BCUT2D eigenvalue weighted by molar-refractivity contribution is -0.142. The second-order valence-electron chi connectivity index (χ2n) is 7.64. The van der Waals surface area contributed by atoms with Gasteiger partial charge >= 0.3 is 5.97 Å². The summed E-state index contributed by atoms with van der Waals surface area (Å²) in [6.07, 6.45) is 2.94. The van der Waals surface area contributed by atoms with Crippen molar-refractivity contribution in [1.29, 1.82) is 0 Å². The number of carbonyl (C=O) groups is 4. The number of carboxylic acids is 1. The van der Waals surface area contributed by atoms with Crippen LogP contribution in [-0.2, 0) is 19.2 Å². The lowest BCUT2D eigenvalue weighted by atomic mass is 10.0. The van der Waals surface area contributed by atoms with Crippen molar-refractivity contribution in [3.63, 3.8) is 0 Å². The van der Waals surface area contributed by atoms with Gasteiger partial charge in [0.2, 0.25) is 17.7 Å². The average molecular weight is 476 g/mol. The third-order valence-electron chi connectivity index (χ3n) is 4.35. The molecule has 10 N–H and O–H groups in total. The third kappa shape index (κ3) is 13.0. The smallest absolute Gasteiger partial charge is 0.326 e. The van der Waals surface area contributed by atoms with Crippen LogP contribution in [0.3, 0.4) is 0 Å². The molecule has 0 rings (SSSR count). The lowest BCUT2D eigenvalue weighted by Crippen LogP contribution is -2.56. The van der Waals surface area contributed by atoms with E-state index in [9.17, 15) is 24.3 Å². The van der Waals surface area contributed by atoms with Gasteiger partial charge < -0.3 is 38.3 Å². The lowest BCUT2D eigenvalue weighted by Gasteiger charge is -2.25. The first-order valence-electron chi connectivity index (χ1n) is 10.4. The van der Waals surface area contributed by atoms with E-state index in [1.165, 1.54) is 11.8 Å². The molecule has 184 valence electrons. The van der Waals surface area contributed by atoms with Gasteiger partial charge in [0, 0.05) is 6.54 Å². The maximum atomic E-state index is 12.8.